The van der Waals surface area contributed by atoms with Crippen LogP contribution >= 0.6 is 0 Å². The van der Waals surface area contributed by atoms with Crippen LogP contribution in [-0.4, -0.2) is 21.9 Å². The van der Waals surface area contributed by atoms with Crippen molar-refractivity contribution in [1.29, 1.82) is 0 Å². The van der Waals surface area contributed by atoms with E-state index in [1.54, 1.807) is 0 Å². The molecule has 0 saturated heterocycles. The van der Waals surface area contributed by atoms with E-state index in [2.05, 4.69) is 20.8 Å². The first-order valence-corrected chi connectivity index (χ1v) is 14.0. The zero-order valence-electron chi connectivity index (χ0n) is 21.2. The van der Waals surface area contributed by atoms with Crippen LogP contribution in [-0.2, 0) is 0 Å². The van der Waals surface area contributed by atoms with Crippen LogP contribution in [0, 0.1) is 0 Å². The highest BCUT2D eigenvalue weighted by atomic mass is 16.3. The Morgan fingerprint density at radius 1 is 0.467 bits per heavy atom. The Morgan fingerprint density at radius 2 is 0.767 bits per heavy atom. The van der Waals surface area contributed by atoms with E-state index in [1.807, 2.05) is 0 Å². The van der Waals surface area contributed by atoms with E-state index in [9.17, 15) is 10.2 Å². The van der Waals surface area contributed by atoms with Crippen LogP contribution in [0.3, 0.4) is 0 Å². The number of hydrogen-bond acceptors (Lipinski definition) is 2. The molecule has 30 heavy (non-hydrogen) atoms. The van der Waals surface area contributed by atoms with Gasteiger partial charge in [0.2, 0.25) is 0 Å². The zero-order valence-corrected chi connectivity index (χ0v) is 21.2. The predicted octanol–water partition coefficient (Wildman–Crippen LogP) is 9.11. The molecule has 0 bridgehead atoms. The average molecular weight is 427 g/mol. The van der Waals surface area contributed by atoms with Gasteiger partial charge in [0.1, 0.15) is 0 Å². The molecule has 0 radical (unpaired) electrons. The van der Waals surface area contributed by atoms with E-state index < -0.39 is 11.7 Å². The van der Waals surface area contributed by atoms with E-state index >= 15 is 0 Å². The van der Waals surface area contributed by atoms with Gasteiger partial charge >= 0.3 is 0 Å². The molecule has 2 unspecified atom stereocenters. The predicted molar refractivity (Wildman–Crippen MR) is 134 cm³/mol. The lowest BCUT2D eigenvalue weighted by atomic mass is 9.82. The van der Waals surface area contributed by atoms with Crippen molar-refractivity contribution in [1.82, 2.24) is 0 Å². The molecule has 182 valence electrons. The normalized spacial score (nSPS) is 14.7. The second kappa shape index (κ2) is 22.1. The molecular formula is C28H58O2. The van der Waals surface area contributed by atoms with Crippen molar-refractivity contribution in [2.24, 2.45) is 0 Å². The van der Waals surface area contributed by atoms with Crippen LogP contribution in [0.15, 0.2) is 0 Å². The number of rotatable bonds is 24. The molecule has 0 aliphatic rings. The van der Waals surface area contributed by atoms with Crippen LogP contribution in [0.5, 0.6) is 0 Å². The van der Waals surface area contributed by atoms with Gasteiger partial charge in [-0.05, 0) is 19.3 Å². The largest absolute Gasteiger partial charge is 0.390 e. The molecule has 0 rings (SSSR count). The Bertz CT molecular complexity index is 331. The maximum absolute atomic E-state index is 11.3. The van der Waals surface area contributed by atoms with Crippen LogP contribution in [0.4, 0.5) is 0 Å². The van der Waals surface area contributed by atoms with Gasteiger partial charge in [0.25, 0.3) is 0 Å². The lowest BCUT2D eigenvalue weighted by Gasteiger charge is -2.34. The molecule has 0 aromatic rings. The number of unbranched alkanes of at least 4 members (excludes halogenated alkanes) is 17. The lowest BCUT2D eigenvalue weighted by Crippen LogP contribution is -2.42. The summed E-state index contributed by atoms with van der Waals surface area (Å²) in [4.78, 5) is 0. The third-order valence-corrected chi connectivity index (χ3v) is 6.88. The Hall–Kier alpha value is -0.0800. The van der Waals surface area contributed by atoms with Crippen molar-refractivity contribution in [2.45, 2.75) is 180 Å². The molecule has 2 heteroatoms. The van der Waals surface area contributed by atoms with Gasteiger partial charge in [-0.1, -0.05) is 149 Å². The third kappa shape index (κ3) is 17.6. The topological polar surface area (TPSA) is 40.5 Å². The Morgan fingerprint density at radius 3 is 1.13 bits per heavy atom. The van der Waals surface area contributed by atoms with Crippen molar-refractivity contribution < 1.29 is 10.2 Å². The molecule has 0 amide bonds. The standard InChI is InChI=1S/C28H58O2/c1-4-7-10-13-16-17-20-23-26-28(30,25-22-19-15-12-9-6-3)27(29)24-21-18-14-11-8-5-2/h27,29-30H,4-26H2,1-3H3. The molecule has 0 saturated carbocycles. The number of hydrogen-bond donors (Lipinski definition) is 2. The lowest BCUT2D eigenvalue weighted by molar-refractivity contribution is -0.0919. The SMILES string of the molecule is CCCCCCCCCCC(O)(CCCCCCCC)C(O)CCCCCCCC. The smallest absolute Gasteiger partial charge is 0.0905 e. The molecule has 0 fully saturated rings. The summed E-state index contributed by atoms with van der Waals surface area (Å²) in [5, 5.41) is 22.2. The van der Waals surface area contributed by atoms with Crippen LogP contribution in [0.1, 0.15) is 168 Å². The number of aliphatic hydroxyl groups excluding tert-OH is 1. The first-order valence-electron chi connectivity index (χ1n) is 14.0. The summed E-state index contributed by atoms with van der Waals surface area (Å²) in [6.07, 6.45) is 27.0. The molecule has 0 aromatic heterocycles. The highest BCUT2D eigenvalue weighted by Gasteiger charge is 2.33. The maximum atomic E-state index is 11.3. The third-order valence-electron chi connectivity index (χ3n) is 6.88. The number of aliphatic hydroxyl groups is 2. The minimum absolute atomic E-state index is 0.538. The molecule has 0 spiro atoms. The highest BCUT2D eigenvalue weighted by molar-refractivity contribution is 4.86. The summed E-state index contributed by atoms with van der Waals surface area (Å²) < 4.78 is 0. The zero-order chi connectivity index (χ0) is 22.3. The van der Waals surface area contributed by atoms with E-state index in [-0.39, 0.29) is 0 Å². The Kier molecular flexibility index (Phi) is 22.1. The van der Waals surface area contributed by atoms with Crippen LogP contribution in [0.2, 0.25) is 0 Å². The van der Waals surface area contributed by atoms with Crippen molar-refractivity contribution in [2.75, 3.05) is 0 Å². The summed E-state index contributed by atoms with van der Waals surface area (Å²) in [6.45, 7) is 6.76. The second-order valence-corrected chi connectivity index (χ2v) is 9.92. The van der Waals surface area contributed by atoms with Crippen LogP contribution in [0.25, 0.3) is 0 Å². The molecule has 0 aliphatic heterocycles. The minimum atomic E-state index is -0.851. The molecule has 0 heterocycles. The monoisotopic (exact) mass is 426 g/mol. The van der Waals surface area contributed by atoms with Gasteiger partial charge < -0.3 is 10.2 Å². The Balaban J connectivity index is 4.24. The fourth-order valence-corrected chi connectivity index (χ4v) is 4.62. The molecule has 2 nitrogen and oxygen atoms in total. The average Bonchev–Trinajstić information content (AvgIpc) is 2.74. The van der Waals surface area contributed by atoms with Crippen molar-refractivity contribution in [3.8, 4) is 0 Å². The van der Waals surface area contributed by atoms with E-state index in [0.29, 0.717) is 0 Å². The van der Waals surface area contributed by atoms with Gasteiger partial charge in [0, 0.05) is 0 Å². The summed E-state index contributed by atoms with van der Waals surface area (Å²) in [6, 6.07) is 0. The Labute approximate surface area is 190 Å². The molecule has 2 N–H and O–H groups in total. The first-order chi connectivity index (χ1) is 14.6. The van der Waals surface area contributed by atoms with Gasteiger partial charge in [0.05, 0.1) is 11.7 Å². The summed E-state index contributed by atoms with van der Waals surface area (Å²) in [5.41, 5.74) is -0.851. The molecular weight excluding hydrogens is 368 g/mol. The van der Waals surface area contributed by atoms with E-state index in [4.69, 9.17) is 0 Å². The summed E-state index contributed by atoms with van der Waals surface area (Å²) in [7, 11) is 0. The molecule has 0 aromatic carbocycles. The van der Waals surface area contributed by atoms with E-state index in [1.165, 1.54) is 109 Å². The van der Waals surface area contributed by atoms with Gasteiger partial charge in [-0.15, -0.1) is 0 Å². The first kappa shape index (κ1) is 29.9. The second-order valence-electron chi connectivity index (χ2n) is 9.92. The van der Waals surface area contributed by atoms with Gasteiger partial charge in [-0.25, -0.2) is 0 Å². The van der Waals surface area contributed by atoms with Crippen molar-refractivity contribution >= 4 is 0 Å². The highest BCUT2D eigenvalue weighted by Crippen LogP contribution is 2.29. The van der Waals surface area contributed by atoms with Crippen molar-refractivity contribution in [3.63, 3.8) is 0 Å². The quantitative estimate of drug-likeness (QED) is 0.151. The fraction of sp³-hybridized carbons (Fsp3) is 1.00. The van der Waals surface area contributed by atoms with E-state index in [0.717, 1.165) is 38.5 Å². The van der Waals surface area contributed by atoms with Crippen LogP contribution < -0.4 is 0 Å². The summed E-state index contributed by atoms with van der Waals surface area (Å²) in [5.74, 6) is 0. The van der Waals surface area contributed by atoms with Crippen molar-refractivity contribution in [3.05, 3.63) is 0 Å². The van der Waals surface area contributed by atoms with Gasteiger partial charge in [-0.2, -0.15) is 0 Å². The maximum Gasteiger partial charge on any atom is 0.0905 e. The van der Waals surface area contributed by atoms with Gasteiger partial charge in [0.15, 0.2) is 0 Å². The molecule has 2 atom stereocenters. The van der Waals surface area contributed by atoms with Gasteiger partial charge in [-0.3, -0.25) is 0 Å². The fourth-order valence-electron chi connectivity index (χ4n) is 4.62. The summed E-state index contributed by atoms with van der Waals surface area (Å²) >= 11 is 0. The minimum Gasteiger partial charge on any atom is -0.390 e. The molecule has 0 aliphatic carbocycles.